The predicted molar refractivity (Wildman–Crippen MR) is 101 cm³/mol. The molecule has 1 amide bonds. The van der Waals surface area contributed by atoms with Crippen molar-refractivity contribution in [2.45, 2.75) is 18.2 Å². The van der Waals surface area contributed by atoms with Crippen molar-refractivity contribution >= 4 is 21.6 Å². The summed E-state index contributed by atoms with van der Waals surface area (Å²) in [6.45, 7) is 2.23. The Labute approximate surface area is 153 Å². The largest absolute Gasteiger partial charge is 0.484 e. The summed E-state index contributed by atoms with van der Waals surface area (Å²) in [4.78, 5) is 12.1. The van der Waals surface area contributed by atoms with E-state index in [0.29, 0.717) is 11.4 Å². The number of benzene rings is 2. The van der Waals surface area contributed by atoms with E-state index in [4.69, 9.17) is 10.5 Å². The average molecular weight is 377 g/mol. The first-order chi connectivity index (χ1) is 12.4. The summed E-state index contributed by atoms with van der Waals surface area (Å²) in [5, 5.41) is 2.62. The molecule has 0 aromatic heterocycles. The molecular weight excluding hydrogens is 354 g/mol. The Kier molecular flexibility index (Phi) is 7.14. The van der Waals surface area contributed by atoms with Gasteiger partial charge in [0.25, 0.3) is 5.91 Å². The van der Waals surface area contributed by atoms with E-state index < -0.39 is 10.0 Å². The maximum absolute atomic E-state index is 12.1. The lowest BCUT2D eigenvalue weighted by atomic mass is 10.2. The first-order valence-electron chi connectivity index (χ1n) is 8.26. The normalized spacial score (nSPS) is 11.2. The van der Waals surface area contributed by atoms with Gasteiger partial charge in [0, 0.05) is 18.8 Å². The molecule has 140 valence electrons. The van der Waals surface area contributed by atoms with Crippen molar-refractivity contribution < 1.29 is 17.9 Å². The first kappa shape index (κ1) is 19.9. The number of carbonyl (C=O) groups excluding carboxylic acids is 1. The maximum atomic E-state index is 12.1. The molecular formula is C18H23N3O4S. The minimum atomic E-state index is -3.66. The summed E-state index contributed by atoms with van der Waals surface area (Å²) in [6, 6.07) is 13.5. The third kappa shape index (κ3) is 5.83. The van der Waals surface area contributed by atoms with Crippen LogP contribution >= 0.6 is 0 Å². The highest BCUT2D eigenvalue weighted by atomic mass is 32.2. The Bertz CT molecular complexity index is 836. The molecule has 0 atom stereocenters. The van der Waals surface area contributed by atoms with Crippen LogP contribution in [0.4, 0.5) is 5.69 Å². The van der Waals surface area contributed by atoms with Crippen molar-refractivity contribution in [2.24, 2.45) is 5.73 Å². The SMILES string of the molecule is CCc1ccc(OCC(=O)Nc2cccc(S(=O)(=O)NCCN)c2)cc1. The van der Waals surface area contributed by atoms with Crippen LogP contribution in [0.1, 0.15) is 12.5 Å². The van der Waals surface area contributed by atoms with Crippen molar-refractivity contribution in [1.29, 1.82) is 0 Å². The number of nitrogens with one attached hydrogen (secondary N) is 2. The van der Waals surface area contributed by atoms with E-state index in [9.17, 15) is 13.2 Å². The van der Waals surface area contributed by atoms with Gasteiger partial charge in [-0.2, -0.15) is 0 Å². The molecule has 2 rings (SSSR count). The number of anilines is 1. The molecule has 8 heteroatoms. The van der Waals surface area contributed by atoms with Gasteiger partial charge in [0.1, 0.15) is 5.75 Å². The summed E-state index contributed by atoms with van der Waals surface area (Å²) < 4.78 is 32.0. The van der Waals surface area contributed by atoms with Crippen LogP contribution in [0.15, 0.2) is 53.4 Å². The van der Waals surface area contributed by atoms with Crippen molar-refractivity contribution in [1.82, 2.24) is 4.72 Å². The summed E-state index contributed by atoms with van der Waals surface area (Å²) in [7, 11) is -3.66. The van der Waals surface area contributed by atoms with Gasteiger partial charge in [-0.3, -0.25) is 4.79 Å². The van der Waals surface area contributed by atoms with Crippen LogP contribution in [0.25, 0.3) is 0 Å². The molecule has 0 heterocycles. The van der Waals surface area contributed by atoms with Crippen LogP contribution in [0.2, 0.25) is 0 Å². The van der Waals surface area contributed by atoms with E-state index in [1.165, 1.54) is 17.7 Å². The third-order valence-electron chi connectivity index (χ3n) is 3.57. The van der Waals surface area contributed by atoms with Crippen LogP contribution in [-0.4, -0.2) is 34.0 Å². The van der Waals surface area contributed by atoms with Crippen LogP contribution in [0.5, 0.6) is 5.75 Å². The van der Waals surface area contributed by atoms with Gasteiger partial charge in [-0.15, -0.1) is 0 Å². The molecule has 26 heavy (non-hydrogen) atoms. The summed E-state index contributed by atoms with van der Waals surface area (Å²) in [5.74, 6) is 0.216. The van der Waals surface area contributed by atoms with E-state index in [2.05, 4.69) is 17.0 Å². The Hall–Kier alpha value is -2.42. The quantitative estimate of drug-likeness (QED) is 0.613. The zero-order valence-electron chi connectivity index (χ0n) is 14.6. The maximum Gasteiger partial charge on any atom is 0.262 e. The molecule has 0 aliphatic carbocycles. The third-order valence-corrected chi connectivity index (χ3v) is 5.02. The molecule has 4 N–H and O–H groups in total. The number of hydrogen-bond acceptors (Lipinski definition) is 5. The smallest absolute Gasteiger partial charge is 0.262 e. The lowest BCUT2D eigenvalue weighted by molar-refractivity contribution is -0.118. The van der Waals surface area contributed by atoms with Crippen molar-refractivity contribution in [3.63, 3.8) is 0 Å². The minimum absolute atomic E-state index is 0.0554. The zero-order valence-corrected chi connectivity index (χ0v) is 15.4. The molecule has 0 radical (unpaired) electrons. The molecule has 2 aromatic rings. The van der Waals surface area contributed by atoms with Crippen molar-refractivity contribution in [3.05, 3.63) is 54.1 Å². The second-order valence-corrected chi connectivity index (χ2v) is 7.32. The summed E-state index contributed by atoms with van der Waals surface area (Å²) >= 11 is 0. The summed E-state index contributed by atoms with van der Waals surface area (Å²) in [5.41, 5.74) is 6.86. The average Bonchev–Trinajstić information content (AvgIpc) is 2.65. The highest BCUT2D eigenvalue weighted by Gasteiger charge is 2.14. The van der Waals surface area contributed by atoms with Gasteiger partial charge in [-0.25, -0.2) is 13.1 Å². The molecule has 7 nitrogen and oxygen atoms in total. The molecule has 0 saturated carbocycles. The number of sulfonamides is 1. The number of rotatable bonds is 9. The van der Waals surface area contributed by atoms with Gasteiger partial charge in [-0.1, -0.05) is 25.1 Å². The van der Waals surface area contributed by atoms with Gasteiger partial charge in [0.2, 0.25) is 10.0 Å². The number of hydrogen-bond donors (Lipinski definition) is 3. The molecule has 0 aliphatic rings. The Morgan fingerprint density at radius 2 is 1.88 bits per heavy atom. The Morgan fingerprint density at radius 1 is 1.15 bits per heavy atom. The van der Waals surface area contributed by atoms with Crippen molar-refractivity contribution in [3.8, 4) is 5.75 Å². The molecule has 0 unspecified atom stereocenters. The monoisotopic (exact) mass is 377 g/mol. The lowest BCUT2D eigenvalue weighted by Gasteiger charge is -2.10. The van der Waals surface area contributed by atoms with E-state index >= 15 is 0 Å². The topological polar surface area (TPSA) is 111 Å². The second kappa shape index (κ2) is 9.33. The van der Waals surface area contributed by atoms with Crippen molar-refractivity contribution in [2.75, 3.05) is 25.0 Å². The van der Waals surface area contributed by atoms with E-state index in [1.54, 1.807) is 12.1 Å². The number of aryl methyl sites for hydroxylation is 1. The highest BCUT2D eigenvalue weighted by Crippen LogP contribution is 2.16. The fourth-order valence-corrected chi connectivity index (χ4v) is 3.28. The fraction of sp³-hybridized carbons (Fsp3) is 0.278. The van der Waals surface area contributed by atoms with E-state index in [0.717, 1.165) is 6.42 Å². The predicted octanol–water partition coefficient (Wildman–Crippen LogP) is 1.50. The van der Waals surface area contributed by atoms with Gasteiger partial charge in [-0.05, 0) is 42.3 Å². The molecule has 0 bridgehead atoms. The fourth-order valence-electron chi connectivity index (χ4n) is 2.18. The zero-order chi connectivity index (χ0) is 19.0. The van der Waals surface area contributed by atoms with Gasteiger partial charge in [0.05, 0.1) is 4.90 Å². The standard InChI is InChI=1S/C18H23N3O4S/c1-2-14-6-8-16(9-7-14)25-13-18(22)21-15-4-3-5-17(12-15)26(23,24)20-11-10-19/h3-9,12,20H,2,10-11,13,19H2,1H3,(H,21,22). The van der Waals surface area contributed by atoms with Gasteiger partial charge < -0.3 is 15.8 Å². The van der Waals surface area contributed by atoms with Crippen LogP contribution in [0.3, 0.4) is 0 Å². The number of carbonyl (C=O) groups is 1. The van der Waals surface area contributed by atoms with Crippen LogP contribution < -0.4 is 20.5 Å². The second-order valence-electron chi connectivity index (χ2n) is 5.55. The van der Waals surface area contributed by atoms with Gasteiger partial charge >= 0.3 is 0 Å². The van der Waals surface area contributed by atoms with Crippen LogP contribution in [-0.2, 0) is 21.2 Å². The highest BCUT2D eigenvalue weighted by molar-refractivity contribution is 7.89. The Balaban J connectivity index is 1.95. The van der Waals surface area contributed by atoms with Crippen LogP contribution in [0, 0.1) is 0 Å². The molecule has 2 aromatic carbocycles. The number of amides is 1. The first-order valence-corrected chi connectivity index (χ1v) is 9.74. The minimum Gasteiger partial charge on any atom is -0.484 e. The lowest BCUT2D eigenvalue weighted by Crippen LogP contribution is -2.29. The number of nitrogens with two attached hydrogens (primary N) is 1. The molecule has 0 fully saturated rings. The van der Waals surface area contributed by atoms with Gasteiger partial charge in [0.15, 0.2) is 6.61 Å². The molecule has 0 saturated heterocycles. The number of ether oxygens (including phenoxy) is 1. The Morgan fingerprint density at radius 3 is 2.54 bits per heavy atom. The van der Waals surface area contributed by atoms with E-state index in [1.807, 2.05) is 24.3 Å². The van der Waals surface area contributed by atoms with E-state index in [-0.39, 0.29) is 30.5 Å². The molecule has 0 aliphatic heterocycles. The molecule has 0 spiro atoms. The summed E-state index contributed by atoms with van der Waals surface area (Å²) in [6.07, 6.45) is 0.931.